The predicted octanol–water partition coefficient (Wildman–Crippen LogP) is 6.20. The summed E-state index contributed by atoms with van der Waals surface area (Å²) in [5.41, 5.74) is 7.19. The minimum Gasteiger partial charge on any atom is -0.283 e. The summed E-state index contributed by atoms with van der Waals surface area (Å²) >= 11 is 3.13. The van der Waals surface area contributed by atoms with Crippen molar-refractivity contribution in [3.05, 3.63) is 108 Å². The molecule has 0 saturated carbocycles. The quantitative estimate of drug-likeness (QED) is 0.258. The molecule has 0 unspecified atom stereocenters. The maximum absolute atomic E-state index is 13.5. The number of aromatic nitrogens is 3. The fourth-order valence-corrected chi connectivity index (χ4v) is 5.54. The summed E-state index contributed by atoms with van der Waals surface area (Å²) in [6.45, 7) is 8.14. The van der Waals surface area contributed by atoms with Gasteiger partial charge < -0.3 is 0 Å². The van der Waals surface area contributed by atoms with Gasteiger partial charge in [-0.1, -0.05) is 36.4 Å². The molecule has 0 amide bonds. The second kappa shape index (κ2) is 9.72. The van der Waals surface area contributed by atoms with E-state index >= 15 is 0 Å². The summed E-state index contributed by atoms with van der Waals surface area (Å²) in [5.74, 6) is 0. The molecule has 0 aliphatic carbocycles. The zero-order valence-corrected chi connectivity index (χ0v) is 22.5. The first-order chi connectivity index (χ1) is 17.3. The van der Waals surface area contributed by atoms with E-state index in [1.54, 1.807) is 16.0 Å². The Morgan fingerprint density at radius 1 is 0.917 bits per heavy atom. The summed E-state index contributed by atoms with van der Waals surface area (Å²) in [6.07, 6.45) is 0. The highest BCUT2D eigenvalue weighted by atomic mass is 32.1. The van der Waals surface area contributed by atoms with Crippen LogP contribution in [-0.4, -0.2) is 19.8 Å². The number of benzene rings is 2. The molecule has 5 rings (SSSR count). The van der Waals surface area contributed by atoms with Gasteiger partial charge in [-0.3, -0.25) is 9.48 Å². The third-order valence-corrected chi connectivity index (χ3v) is 8.14. The summed E-state index contributed by atoms with van der Waals surface area (Å²) in [5, 5.41) is 9.08. The number of hydrogen-bond donors (Lipinski definition) is 0. The number of para-hydroxylation sites is 1. The molecule has 0 aliphatic rings. The van der Waals surface area contributed by atoms with E-state index in [9.17, 15) is 4.79 Å². The molecule has 2 aromatic carbocycles. The molecule has 0 spiro atoms. The Morgan fingerprint density at radius 2 is 1.69 bits per heavy atom. The van der Waals surface area contributed by atoms with Crippen LogP contribution in [0, 0.1) is 20.8 Å². The molecule has 0 saturated heterocycles. The smallest absolute Gasteiger partial charge is 0.283 e. The average molecular weight is 514 g/mol. The zero-order valence-electron chi connectivity index (χ0n) is 20.9. The molecular formula is C28H27N5OS2. The van der Waals surface area contributed by atoms with E-state index in [2.05, 4.69) is 43.5 Å². The Bertz CT molecular complexity index is 1700. The Hall–Kier alpha value is -3.75. The van der Waals surface area contributed by atoms with Crippen molar-refractivity contribution in [3.63, 3.8) is 0 Å². The second-order valence-electron chi connectivity index (χ2n) is 8.70. The summed E-state index contributed by atoms with van der Waals surface area (Å²) in [4.78, 5) is 20.1. The highest BCUT2D eigenvalue weighted by molar-refractivity contribution is 7.12. The van der Waals surface area contributed by atoms with Crippen LogP contribution in [0.5, 0.6) is 0 Å². The molecule has 0 bridgehead atoms. The van der Waals surface area contributed by atoms with Gasteiger partial charge in [-0.25, -0.2) is 14.4 Å². The van der Waals surface area contributed by atoms with E-state index in [4.69, 9.17) is 10.1 Å². The van der Waals surface area contributed by atoms with Crippen LogP contribution in [0.1, 0.15) is 28.6 Å². The third kappa shape index (κ3) is 4.34. The Morgan fingerprint density at radius 3 is 2.39 bits per heavy atom. The van der Waals surface area contributed by atoms with Crippen LogP contribution in [0.4, 0.5) is 5.69 Å². The fourth-order valence-electron chi connectivity index (χ4n) is 4.04. The highest BCUT2D eigenvalue weighted by Crippen LogP contribution is 2.24. The molecular weight excluding hydrogens is 486 g/mol. The SMILES string of the molecule is CC(=Nn1c(-c2ccc(C)c(C)c2)csc1=Nc1c(C)n(C)n(-c2ccccc2)c1=O)c1cccs1. The van der Waals surface area contributed by atoms with Crippen LogP contribution in [0.3, 0.4) is 0 Å². The van der Waals surface area contributed by atoms with Crippen molar-refractivity contribution in [2.75, 3.05) is 0 Å². The Kier molecular flexibility index (Phi) is 6.47. The first-order valence-electron chi connectivity index (χ1n) is 11.6. The molecule has 3 heterocycles. The molecule has 182 valence electrons. The van der Waals surface area contributed by atoms with Crippen molar-refractivity contribution >= 4 is 34.1 Å². The van der Waals surface area contributed by atoms with Gasteiger partial charge in [0.1, 0.15) is 0 Å². The van der Waals surface area contributed by atoms with Crippen LogP contribution in [0.25, 0.3) is 16.9 Å². The number of thiophene rings is 1. The van der Waals surface area contributed by atoms with E-state index in [0.717, 1.165) is 33.2 Å². The molecule has 3 aromatic heterocycles. The monoisotopic (exact) mass is 513 g/mol. The predicted molar refractivity (Wildman–Crippen MR) is 150 cm³/mol. The van der Waals surface area contributed by atoms with Gasteiger partial charge in [0.15, 0.2) is 5.69 Å². The van der Waals surface area contributed by atoms with Crippen molar-refractivity contribution in [1.82, 2.24) is 14.0 Å². The maximum atomic E-state index is 13.5. The first-order valence-corrected chi connectivity index (χ1v) is 13.4. The summed E-state index contributed by atoms with van der Waals surface area (Å²) in [6, 6.07) is 20.1. The van der Waals surface area contributed by atoms with Crippen molar-refractivity contribution in [3.8, 4) is 16.9 Å². The standard InChI is InChI=1S/C28H27N5OS2/c1-18-13-14-22(16-19(18)2)24-17-36-28(32(24)30-20(3)25-12-9-15-35-25)29-26-21(4)31(5)33(27(26)34)23-10-7-6-8-11-23/h6-17H,1-5H3. The maximum Gasteiger partial charge on any atom is 0.297 e. The van der Waals surface area contributed by atoms with Crippen LogP contribution < -0.4 is 10.4 Å². The number of rotatable bonds is 5. The van der Waals surface area contributed by atoms with Crippen LogP contribution in [0.2, 0.25) is 0 Å². The Balaban J connectivity index is 1.74. The third-order valence-electron chi connectivity index (χ3n) is 6.35. The van der Waals surface area contributed by atoms with Crippen LogP contribution >= 0.6 is 22.7 Å². The molecule has 0 radical (unpaired) electrons. The number of hydrogen-bond acceptors (Lipinski definition) is 5. The van der Waals surface area contributed by atoms with Gasteiger partial charge in [0.05, 0.1) is 27.7 Å². The van der Waals surface area contributed by atoms with E-state index in [0.29, 0.717) is 10.5 Å². The van der Waals surface area contributed by atoms with Crippen molar-refractivity contribution in [2.24, 2.45) is 17.1 Å². The lowest BCUT2D eigenvalue weighted by atomic mass is 10.1. The van der Waals surface area contributed by atoms with E-state index < -0.39 is 0 Å². The van der Waals surface area contributed by atoms with E-state index in [-0.39, 0.29) is 5.56 Å². The average Bonchev–Trinajstić information content (AvgIpc) is 3.59. The van der Waals surface area contributed by atoms with E-state index in [1.165, 1.54) is 22.5 Å². The minimum atomic E-state index is -0.159. The van der Waals surface area contributed by atoms with Gasteiger partial charge >= 0.3 is 0 Å². The summed E-state index contributed by atoms with van der Waals surface area (Å²) < 4.78 is 5.36. The van der Waals surface area contributed by atoms with Gasteiger partial charge in [0.25, 0.3) is 5.56 Å². The summed E-state index contributed by atoms with van der Waals surface area (Å²) in [7, 11) is 1.88. The largest absolute Gasteiger partial charge is 0.297 e. The zero-order chi connectivity index (χ0) is 25.4. The molecule has 8 heteroatoms. The minimum absolute atomic E-state index is 0.159. The molecule has 0 atom stereocenters. The second-order valence-corrected chi connectivity index (χ2v) is 10.5. The lowest BCUT2D eigenvalue weighted by Crippen LogP contribution is -2.20. The molecule has 0 N–H and O–H groups in total. The van der Waals surface area contributed by atoms with Gasteiger partial charge in [-0.2, -0.15) is 5.10 Å². The molecule has 0 aliphatic heterocycles. The van der Waals surface area contributed by atoms with Crippen molar-refractivity contribution in [2.45, 2.75) is 27.7 Å². The normalized spacial score (nSPS) is 12.5. The number of nitrogens with zero attached hydrogens (tertiary/aromatic N) is 5. The lowest BCUT2D eigenvalue weighted by molar-refractivity contribution is 0.630. The lowest BCUT2D eigenvalue weighted by Gasteiger charge is -2.07. The topological polar surface area (TPSA) is 56.6 Å². The van der Waals surface area contributed by atoms with Crippen molar-refractivity contribution < 1.29 is 0 Å². The fraction of sp³-hybridized carbons (Fsp3) is 0.179. The highest BCUT2D eigenvalue weighted by Gasteiger charge is 2.17. The molecule has 36 heavy (non-hydrogen) atoms. The number of thiazole rings is 1. The van der Waals surface area contributed by atoms with Gasteiger partial charge in [-0.05, 0) is 68.5 Å². The van der Waals surface area contributed by atoms with Gasteiger partial charge in [0.2, 0.25) is 4.80 Å². The molecule has 5 aromatic rings. The van der Waals surface area contributed by atoms with E-state index in [1.807, 2.05) is 72.0 Å². The molecule has 0 fully saturated rings. The van der Waals surface area contributed by atoms with Gasteiger partial charge in [-0.15, -0.1) is 22.7 Å². The van der Waals surface area contributed by atoms with Crippen molar-refractivity contribution in [1.29, 1.82) is 0 Å². The Labute approximate surface area is 217 Å². The van der Waals surface area contributed by atoms with Gasteiger partial charge in [0, 0.05) is 18.0 Å². The van der Waals surface area contributed by atoms with Crippen LogP contribution in [-0.2, 0) is 7.05 Å². The van der Waals surface area contributed by atoms with Crippen LogP contribution in [0.15, 0.2) is 86.3 Å². The number of aryl methyl sites for hydroxylation is 2. The first kappa shape index (κ1) is 24.0. The molecule has 6 nitrogen and oxygen atoms in total.